The Kier molecular flexibility index (Phi) is 4.13. The molecule has 104 valence electrons. The van der Waals surface area contributed by atoms with E-state index in [0.717, 1.165) is 0 Å². The minimum atomic E-state index is -0.760. The van der Waals surface area contributed by atoms with Gasteiger partial charge in [0.15, 0.2) is 0 Å². The van der Waals surface area contributed by atoms with E-state index in [4.69, 9.17) is 5.11 Å². The lowest BCUT2D eigenvalue weighted by atomic mass is 9.86. The van der Waals surface area contributed by atoms with Crippen molar-refractivity contribution in [3.63, 3.8) is 0 Å². The molecule has 1 aliphatic carbocycles. The zero-order valence-corrected chi connectivity index (χ0v) is 10.5. The molecule has 1 fully saturated rings. The minimum absolute atomic E-state index is 0.00317. The maximum absolute atomic E-state index is 11.9. The van der Waals surface area contributed by atoms with Crippen molar-refractivity contribution < 1.29 is 19.5 Å². The summed E-state index contributed by atoms with van der Waals surface area (Å²) in [6.07, 6.45) is 3.14. The van der Waals surface area contributed by atoms with Gasteiger partial charge in [0.05, 0.1) is 5.92 Å². The summed E-state index contributed by atoms with van der Waals surface area (Å²) in [6.45, 7) is 0. The van der Waals surface area contributed by atoms with Gasteiger partial charge in [-0.2, -0.15) is 5.10 Å². The molecule has 1 aliphatic heterocycles. The highest BCUT2D eigenvalue weighted by atomic mass is 16.4. The summed E-state index contributed by atoms with van der Waals surface area (Å²) >= 11 is 0. The molecule has 0 aromatic heterocycles. The maximum Gasteiger partial charge on any atom is 0.306 e. The van der Waals surface area contributed by atoms with Crippen LogP contribution < -0.4 is 10.7 Å². The van der Waals surface area contributed by atoms with Crippen LogP contribution in [0.5, 0.6) is 0 Å². The second-order valence-corrected chi connectivity index (χ2v) is 4.95. The van der Waals surface area contributed by atoms with Crippen LogP contribution in [0.4, 0.5) is 0 Å². The van der Waals surface area contributed by atoms with Crippen LogP contribution in [-0.2, 0) is 14.4 Å². The molecule has 1 saturated carbocycles. The topological polar surface area (TPSA) is 108 Å². The van der Waals surface area contributed by atoms with Crippen molar-refractivity contribution in [1.82, 2.24) is 10.7 Å². The van der Waals surface area contributed by atoms with Gasteiger partial charge in [0.2, 0.25) is 5.91 Å². The largest absolute Gasteiger partial charge is 0.481 e. The van der Waals surface area contributed by atoms with Crippen molar-refractivity contribution in [3.05, 3.63) is 0 Å². The van der Waals surface area contributed by atoms with Gasteiger partial charge in [0.25, 0.3) is 5.91 Å². The van der Waals surface area contributed by atoms with Crippen LogP contribution in [0, 0.1) is 5.92 Å². The monoisotopic (exact) mass is 267 g/mol. The number of hydrazone groups is 1. The van der Waals surface area contributed by atoms with E-state index in [9.17, 15) is 14.4 Å². The molecule has 0 spiro atoms. The Bertz CT molecular complexity index is 425. The third-order valence-electron chi connectivity index (χ3n) is 3.58. The number of aliphatic carboxylic acids is 1. The van der Waals surface area contributed by atoms with Gasteiger partial charge in [0.1, 0.15) is 5.71 Å². The third kappa shape index (κ3) is 3.52. The van der Waals surface area contributed by atoms with Crippen molar-refractivity contribution in [1.29, 1.82) is 0 Å². The normalized spacial score (nSPS) is 27.2. The van der Waals surface area contributed by atoms with Gasteiger partial charge in [0, 0.05) is 18.9 Å². The number of carbonyl (C=O) groups excluding carboxylic acids is 2. The second kappa shape index (κ2) is 5.81. The molecule has 2 rings (SSSR count). The fourth-order valence-electron chi connectivity index (χ4n) is 2.39. The van der Waals surface area contributed by atoms with Crippen molar-refractivity contribution >= 4 is 23.5 Å². The fraction of sp³-hybridized carbons (Fsp3) is 0.667. The first-order valence-electron chi connectivity index (χ1n) is 6.45. The molecule has 3 N–H and O–H groups in total. The Morgan fingerprint density at radius 2 is 1.89 bits per heavy atom. The predicted molar refractivity (Wildman–Crippen MR) is 66.3 cm³/mol. The molecule has 0 radical (unpaired) electrons. The number of nitrogens with zero attached hydrogens (tertiary/aromatic N) is 1. The van der Waals surface area contributed by atoms with E-state index in [1.165, 1.54) is 0 Å². The van der Waals surface area contributed by atoms with E-state index in [1.807, 2.05) is 0 Å². The van der Waals surface area contributed by atoms with E-state index in [0.29, 0.717) is 37.8 Å². The number of amides is 2. The molecular formula is C12H17N3O4. The lowest BCUT2D eigenvalue weighted by molar-refractivity contribution is -0.142. The molecule has 0 aromatic carbocycles. The molecule has 1 heterocycles. The second-order valence-electron chi connectivity index (χ2n) is 4.95. The van der Waals surface area contributed by atoms with E-state index >= 15 is 0 Å². The molecule has 0 atom stereocenters. The summed E-state index contributed by atoms with van der Waals surface area (Å²) in [7, 11) is 0. The summed E-state index contributed by atoms with van der Waals surface area (Å²) in [6, 6.07) is 0.00317. The smallest absolute Gasteiger partial charge is 0.306 e. The molecule has 7 heteroatoms. The predicted octanol–water partition coefficient (Wildman–Crippen LogP) is 0.0120. The SMILES string of the molecule is O=C1CCC(C(=O)NC2CCC(C(=O)O)CC2)=NN1. The molecular weight excluding hydrogens is 250 g/mol. The first kappa shape index (κ1) is 13.5. The van der Waals surface area contributed by atoms with Gasteiger partial charge < -0.3 is 10.4 Å². The number of carbonyl (C=O) groups is 3. The van der Waals surface area contributed by atoms with Gasteiger partial charge in [-0.15, -0.1) is 0 Å². The highest BCUT2D eigenvalue weighted by Gasteiger charge is 2.28. The highest BCUT2D eigenvalue weighted by molar-refractivity contribution is 6.39. The zero-order valence-electron chi connectivity index (χ0n) is 10.5. The quantitative estimate of drug-likeness (QED) is 0.669. The summed E-state index contributed by atoms with van der Waals surface area (Å²) in [4.78, 5) is 33.6. The van der Waals surface area contributed by atoms with Gasteiger partial charge in [-0.05, 0) is 25.7 Å². The summed E-state index contributed by atoms with van der Waals surface area (Å²) < 4.78 is 0. The fourth-order valence-corrected chi connectivity index (χ4v) is 2.39. The number of hydrogen-bond acceptors (Lipinski definition) is 4. The van der Waals surface area contributed by atoms with Crippen LogP contribution in [0.15, 0.2) is 5.10 Å². The first-order valence-corrected chi connectivity index (χ1v) is 6.45. The molecule has 7 nitrogen and oxygen atoms in total. The van der Waals surface area contributed by atoms with Gasteiger partial charge in [-0.3, -0.25) is 14.4 Å². The number of rotatable bonds is 3. The first-order chi connectivity index (χ1) is 9.06. The number of carboxylic acids is 1. The van der Waals surface area contributed by atoms with Crippen LogP contribution in [0.1, 0.15) is 38.5 Å². The molecule has 19 heavy (non-hydrogen) atoms. The van der Waals surface area contributed by atoms with E-state index < -0.39 is 5.97 Å². The van der Waals surface area contributed by atoms with Crippen molar-refractivity contribution in [3.8, 4) is 0 Å². The van der Waals surface area contributed by atoms with Gasteiger partial charge in [-0.1, -0.05) is 0 Å². The molecule has 0 bridgehead atoms. The van der Waals surface area contributed by atoms with Gasteiger partial charge >= 0.3 is 5.97 Å². The average Bonchev–Trinajstić information content (AvgIpc) is 2.40. The lowest BCUT2D eigenvalue weighted by Gasteiger charge is -2.27. The van der Waals surface area contributed by atoms with Crippen molar-refractivity contribution in [2.24, 2.45) is 11.0 Å². The Hall–Kier alpha value is -1.92. The van der Waals surface area contributed by atoms with Crippen LogP contribution in [0.2, 0.25) is 0 Å². The van der Waals surface area contributed by atoms with Crippen molar-refractivity contribution in [2.45, 2.75) is 44.6 Å². The Morgan fingerprint density at radius 3 is 2.42 bits per heavy atom. The maximum atomic E-state index is 11.9. The standard InChI is InChI=1S/C12H17N3O4/c16-10-6-5-9(14-15-10)11(17)13-8-3-1-7(2-4-8)12(18)19/h7-8H,1-6H2,(H,13,17)(H,15,16)(H,18,19). The zero-order chi connectivity index (χ0) is 13.8. The molecule has 2 amide bonds. The number of hydrogen-bond donors (Lipinski definition) is 3. The van der Waals surface area contributed by atoms with Gasteiger partial charge in [-0.25, -0.2) is 5.43 Å². The van der Waals surface area contributed by atoms with E-state index in [2.05, 4.69) is 15.8 Å². The minimum Gasteiger partial charge on any atom is -0.481 e. The van der Waals surface area contributed by atoms with Crippen LogP contribution in [0.3, 0.4) is 0 Å². The van der Waals surface area contributed by atoms with E-state index in [1.54, 1.807) is 0 Å². The highest BCUT2D eigenvalue weighted by Crippen LogP contribution is 2.24. The summed E-state index contributed by atoms with van der Waals surface area (Å²) in [5, 5.41) is 15.5. The Labute approximate surface area is 110 Å². The van der Waals surface area contributed by atoms with Crippen LogP contribution >= 0.6 is 0 Å². The summed E-state index contributed by atoms with van der Waals surface area (Å²) in [5.41, 5.74) is 2.62. The average molecular weight is 267 g/mol. The molecule has 0 aromatic rings. The number of nitrogens with one attached hydrogen (secondary N) is 2. The van der Waals surface area contributed by atoms with Crippen molar-refractivity contribution in [2.75, 3.05) is 0 Å². The van der Waals surface area contributed by atoms with Crippen LogP contribution in [-0.4, -0.2) is 34.6 Å². The Morgan fingerprint density at radius 1 is 1.21 bits per heavy atom. The van der Waals surface area contributed by atoms with Crippen LogP contribution in [0.25, 0.3) is 0 Å². The molecule has 0 saturated heterocycles. The third-order valence-corrected chi connectivity index (χ3v) is 3.58. The molecule has 0 unspecified atom stereocenters. The Balaban J connectivity index is 1.81. The van der Waals surface area contributed by atoms with E-state index in [-0.39, 0.29) is 30.2 Å². The summed E-state index contributed by atoms with van der Waals surface area (Å²) in [5.74, 6) is -1.50. The molecule has 2 aliphatic rings. The lowest BCUT2D eigenvalue weighted by Crippen LogP contribution is -2.43. The number of carboxylic acid groups (broad SMARTS) is 1.